The summed E-state index contributed by atoms with van der Waals surface area (Å²) in [6.07, 6.45) is 3.57. The second-order valence-electron chi connectivity index (χ2n) is 4.60. The molecule has 0 aromatic carbocycles. The van der Waals surface area contributed by atoms with Gasteiger partial charge in [0.15, 0.2) is 23.3 Å². The monoisotopic (exact) mass is 256 g/mol. The van der Waals surface area contributed by atoms with E-state index < -0.39 is 11.6 Å². The molecular formula is C12H18F2N4. The third-order valence-corrected chi connectivity index (χ3v) is 3.43. The first-order chi connectivity index (χ1) is 8.65. The molecule has 1 fully saturated rings. The van der Waals surface area contributed by atoms with Gasteiger partial charge in [0.05, 0.1) is 0 Å². The third-order valence-electron chi connectivity index (χ3n) is 3.43. The summed E-state index contributed by atoms with van der Waals surface area (Å²) >= 11 is 0. The van der Waals surface area contributed by atoms with Crippen molar-refractivity contribution in [2.24, 2.45) is 11.8 Å². The minimum Gasteiger partial charge on any atom is -0.354 e. The smallest absolute Gasteiger partial charge is 0.178 e. The Balaban J connectivity index is 2.22. The second kappa shape index (κ2) is 5.48. The Hall–Kier alpha value is -1.43. The van der Waals surface area contributed by atoms with Crippen molar-refractivity contribution in [2.45, 2.75) is 26.2 Å². The van der Waals surface area contributed by atoms with Gasteiger partial charge in [0.1, 0.15) is 0 Å². The van der Waals surface area contributed by atoms with Crippen molar-refractivity contribution < 1.29 is 8.78 Å². The summed E-state index contributed by atoms with van der Waals surface area (Å²) in [6.45, 7) is 3.32. The lowest BCUT2D eigenvalue weighted by molar-refractivity contribution is 0.317. The van der Waals surface area contributed by atoms with E-state index in [2.05, 4.69) is 10.4 Å². The fourth-order valence-electron chi connectivity index (χ4n) is 2.13. The number of hydrazine groups is 1. The lowest BCUT2D eigenvalue weighted by atomic mass is 9.85. The molecule has 100 valence electrons. The largest absolute Gasteiger partial charge is 0.354 e. The lowest BCUT2D eigenvalue weighted by Gasteiger charge is -2.32. The highest BCUT2D eigenvalue weighted by molar-refractivity contribution is 5.48. The number of rotatable bonds is 5. The van der Waals surface area contributed by atoms with Crippen LogP contribution in [-0.4, -0.2) is 18.1 Å². The van der Waals surface area contributed by atoms with Gasteiger partial charge in [-0.3, -0.25) is 0 Å². The quantitative estimate of drug-likeness (QED) is 0.627. The zero-order valence-corrected chi connectivity index (χ0v) is 10.4. The van der Waals surface area contributed by atoms with Crippen LogP contribution in [0.1, 0.15) is 26.2 Å². The van der Waals surface area contributed by atoms with Crippen LogP contribution in [0.5, 0.6) is 0 Å². The standard InChI is InChI=1S/C12H18F2N4/c1-2-18(7-8-4-3-5-8)12-10(14)6-9(13)11(16-12)17-15/h6,8H,2-5,7,15H2,1H3,(H,16,17). The summed E-state index contributed by atoms with van der Waals surface area (Å²) < 4.78 is 27.0. The first-order valence-electron chi connectivity index (χ1n) is 6.23. The zero-order chi connectivity index (χ0) is 13.1. The fourth-order valence-corrected chi connectivity index (χ4v) is 2.13. The van der Waals surface area contributed by atoms with E-state index in [-0.39, 0.29) is 11.6 Å². The van der Waals surface area contributed by atoms with Crippen molar-refractivity contribution in [3.63, 3.8) is 0 Å². The maximum Gasteiger partial charge on any atom is 0.178 e. The average Bonchev–Trinajstić information content (AvgIpc) is 2.29. The van der Waals surface area contributed by atoms with Gasteiger partial charge in [-0.05, 0) is 25.7 Å². The summed E-state index contributed by atoms with van der Waals surface area (Å²) in [7, 11) is 0. The molecule has 1 saturated carbocycles. The summed E-state index contributed by atoms with van der Waals surface area (Å²) in [4.78, 5) is 5.75. The number of nitrogens with zero attached hydrogens (tertiary/aromatic N) is 2. The molecule has 0 radical (unpaired) electrons. The molecule has 1 aromatic heterocycles. The molecule has 0 saturated heterocycles. The first-order valence-corrected chi connectivity index (χ1v) is 6.23. The number of halogens is 2. The zero-order valence-electron chi connectivity index (χ0n) is 10.4. The highest BCUT2D eigenvalue weighted by Crippen LogP contribution is 2.30. The Kier molecular flexibility index (Phi) is 3.96. The van der Waals surface area contributed by atoms with Crippen molar-refractivity contribution in [1.82, 2.24) is 4.98 Å². The minimum atomic E-state index is -0.779. The molecule has 1 aliphatic rings. The number of nitrogens with two attached hydrogens (primary N) is 1. The van der Waals surface area contributed by atoms with Crippen LogP contribution in [-0.2, 0) is 0 Å². The summed E-state index contributed by atoms with van der Waals surface area (Å²) in [6, 6.07) is 0.820. The van der Waals surface area contributed by atoms with Gasteiger partial charge < -0.3 is 10.3 Å². The van der Waals surface area contributed by atoms with Crippen molar-refractivity contribution in [1.29, 1.82) is 0 Å². The first kappa shape index (κ1) is 13.0. The Morgan fingerprint density at radius 1 is 1.44 bits per heavy atom. The molecule has 1 aromatic rings. The molecule has 4 nitrogen and oxygen atoms in total. The van der Waals surface area contributed by atoms with Crippen LogP contribution in [0.3, 0.4) is 0 Å². The van der Waals surface area contributed by atoms with E-state index >= 15 is 0 Å². The molecule has 0 unspecified atom stereocenters. The van der Waals surface area contributed by atoms with Gasteiger partial charge >= 0.3 is 0 Å². The molecule has 0 spiro atoms. The molecule has 18 heavy (non-hydrogen) atoms. The van der Waals surface area contributed by atoms with Gasteiger partial charge in [-0.15, -0.1) is 0 Å². The Bertz CT molecular complexity index is 421. The van der Waals surface area contributed by atoms with Crippen LogP contribution in [0.25, 0.3) is 0 Å². The van der Waals surface area contributed by atoms with Crippen LogP contribution < -0.4 is 16.2 Å². The maximum atomic E-state index is 13.8. The Morgan fingerprint density at radius 2 is 2.17 bits per heavy atom. The predicted octanol–water partition coefficient (Wildman–Crippen LogP) is 2.27. The molecular weight excluding hydrogens is 238 g/mol. The summed E-state index contributed by atoms with van der Waals surface area (Å²) in [5.41, 5.74) is 2.14. The van der Waals surface area contributed by atoms with Crippen molar-refractivity contribution in [2.75, 3.05) is 23.4 Å². The normalized spacial score (nSPS) is 15.3. The van der Waals surface area contributed by atoms with Crippen LogP contribution >= 0.6 is 0 Å². The van der Waals surface area contributed by atoms with Gasteiger partial charge in [-0.25, -0.2) is 19.6 Å². The molecule has 1 aliphatic carbocycles. The number of hydrogen-bond acceptors (Lipinski definition) is 4. The molecule has 1 heterocycles. The third kappa shape index (κ3) is 2.53. The second-order valence-corrected chi connectivity index (χ2v) is 4.60. The van der Waals surface area contributed by atoms with E-state index in [1.54, 1.807) is 0 Å². The lowest BCUT2D eigenvalue weighted by Crippen LogP contribution is -2.34. The van der Waals surface area contributed by atoms with E-state index in [0.29, 0.717) is 12.5 Å². The van der Waals surface area contributed by atoms with Gasteiger partial charge in [0, 0.05) is 19.2 Å². The predicted molar refractivity (Wildman–Crippen MR) is 67.2 cm³/mol. The van der Waals surface area contributed by atoms with E-state index in [9.17, 15) is 8.78 Å². The topological polar surface area (TPSA) is 54.2 Å². The van der Waals surface area contributed by atoms with Gasteiger partial charge in [0.25, 0.3) is 0 Å². The maximum absolute atomic E-state index is 13.8. The fraction of sp³-hybridized carbons (Fsp3) is 0.583. The molecule has 3 N–H and O–H groups in total. The number of nitrogen functional groups attached to an aromatic ring is 1. The molecule has 6 heteroatoms. The number of hydrogen-bond donors (Lipinski definition) is 2. The minimum absolute atomic E-state index is 0.126. The van der Waals surface area contributed by atoms with Gasteiger partial charge in [-0.2, -0.15) is 0 Å². The van der Waals surface area contributed by atoms with Crippen LogP contribution in [0.15, 0.2) is 6.07 Å². The summed E-state index contributed by atoms with van der Waals surface area (Å²) in [5.74, 6) is 4.36. The van der Waals surface area contributed by atoms with Crippen LogP contribution in [0.4, 0.5) is 20.4 Å². The molecule has 0 aliphatic heterocycles. The molecule has 2 rings (SSSR count). The highest BCUT2D eigenvalue weighted by Gasteiger charge is 2.23. The highest BCUT2D eigenvalue weighted by atomic mass is 19.1. The van der Waals surface area contributed by atoms with Crippen LogP contribution in [0, 0.1) is 17.6 Å². The molecule has 0 atom stereocenters. The number of anilines is 2. The summed E-state index contributed by atoms with van der Waals surface area (Å²) in [5, 5.41) is 0. The Morgan fingerprint density at radius 3 is 2.67 bits per heavy atom. The van der Waals surface area contributed by atoms with E-state index in [1.807, 2.05) is 11.8 Å². The van der Waals surface area contributed by atoms with Gasteiger partial charge in [-0.1, -0.05) is 6.42 Å². The van der Waals surface area contributed by atoms with Crippen LogP contribution in [0.2, 0.25) is 0 Å². The van der Waals surface area contributed by atoms with Crippen molar-refractivity contribution in [3.05, 3.63) is 17.7 Å². The van der Waals surface area contributed by atoms with E-state index in [1.165, 1.54) is 19.3 Å². The van der Waals surface area contributed by atoms with E-state index in [0.717, 1.165) is 12.6 Å². The van der Waals surface area contributed by atoms with Gasteiger partial charge in [0.2, 0.25) is 0 Å². The molecule has 0 bridgehead atoms. The number of pyridine rings is 1. The molecule has 0 amide bonds. The number of aromatic nitrogens is 1. The van der Waals surface area contributed by atoms with E-state index in [4.69, 9.17) is 5.84 Å². The van der Waals surface area contributed by atoms with Crippen molar-refractivity contribution in [3.8, 4) is 0 Å². The average molecular weight is 256 g/mol. The van der Waals surface area contributed by atoms with Crippen molar-refractivity contribution >= 4 is 11.6 Å². The number of nitrogens with one attached hydrogen (secondary N) is 1. The SMILES string of the molecule is CCN(CC1CCC1)c1nc(NN)c(F)cc1F. The Labute approximate surface area is 105 Å².